The molecule has 0 radical (unpaired) electrons. The predicted molar refractivity (Wildman–Crippen MR) is 87.1 cm³/mol. The number of hydrogen-bond acceptors (Lipinski definition) is 3. The Labute approximate surface area is 131 Å². The van der Waals surface area contributed by atoms with Crippen LogP contribution in [0.1, 0.15) is 5.56 Å². The van der Waals surface area contributed by atoms with Gasteiger partial charge in [0, 0.05) is 22.2 Å². The van der Waals surface area contributed by atoms with Gasteiger partial charge in [0.1, 0.15) is 5.82 Å². The van der Waals surface area contributed by atoms with Crippen LogP contribution in [0.3, 0.4) is 0 Å². The van der Waals surface area contributed by atoms with Crippen molar-refractivity contribution in [2.24, 2.45) is 0 Å². The monoisotopic (exact) mass is 346 g/mol. The summed E-state index contributed by atoms with van der Waals surface area (Å²) < 4.78 is 11.7. The largest absolute Gasteiger partial charge is 0.493 e. The van der Waals surface area contributed by atoms with E-state index in [0.717, 1.165) is 26.9 Å². The Morgan fingerprint density at radius 3 is 2.43 bits per heavy atom. The van der Waals surface area contributed by atoms with Gasteiger partial charge in [0.05, 0.1) is 25.3 Å². The Bertz CT molecular complexity index is 770. The van der Waals surface area contributed by atoms with Crippen molar-refractivity contribution in [1.29, 1.82) is 0 Å². The summed E-state index contributed by atoms with van der Waals surface area (Å²) in [5.41, 5.74) is 3.99. The molecule has 2 aromatic carbocycles. The quantitative estimate of drug-likeness (QED) is 0.768. The molecule has 0 saturated heterocycles. The lowest BCUT2D eigenvalue weighted by Crippen LogP contribution is -1.89. The number of benzene rings is 2. The summed E-state index contributed by atoms with van der Waals surface area (Å²) in [6.45, 7) is 2.06. The molecule has 1 aromatic heterocycles. The van der Waals surface area contributed by atoms with Gasteiger partial charge < -0.3 is 14.5 Å². The van der Waals surface area contributed by atoms with Crippen LogP contribution in [-0.4, -0.2) is 24.2 Å². The summed E-state index contributed by atoms with van der Waals surface area (Å²) in [5.74, 6) is 2.19. The summed E-state index contributed by atoms with van der Waals surface area (Å²) in [7, 11) is 3.24. The van der Waals surface area contributed by atoms with Gasteiger partial charge in [-0.15, -0.1) is 0 Å². The van der Waals surface area contributed by atoms with E-state index in [2.05, 4.69) is 38.9 Å². The smallest absolute Gasteiger partial charge is 0.163 e. The number of fused-ring (bicyclic) bond motifs is 1. The van der Waals surface area contributed by atoms with Crippen LogP contribution in [0.4, 0.5) is 0 Å². The number of H-pyrrole nitrogens is 1. The van der Waals surface area contributed by atoms with E-state index in [-0.39, 0.29) is 0 Å². The Morgan fingerprint density at radius 1 is 1.05 bits per heavy atom. The van der Waals surface area contributed by atoms with E-state index < -0.39 is 0 Å². The average Bonchev–Trinajstić information content (AvgIpc) is 2.91. The first-order valence-electron chi connectivity index (χ1n) is 6.50. The Morgan fingerprint density at radius 2 is 1.76 bits per heavy atom. The Hall–Kier alpha value is -2.01. The molecule has 0 spiro atoms. The number of imidazole rings is 1. The van der Waals surface area contributed by atoms with Crippen LogP contribution in [0, 0.1) is 6.92 Å². The molecular formula is C16H15BrN2O2. The fourth-order valence-electron chi connectivity index (χ4n) is 2.27. The highest BCUT2D eigenvalue weighted by Crippen LogP contribution is 2.33. The summed E-state index contributed by atoms with van der Waals surface area (Å²) in [5, 5.41) is 0. The van der Waals surface area contributed by atoms with Crippen molar-refractivity contribution in [1.82, 2.24) is 9.97 Å². The molecule has 0 bridgehead atoms. The number of aromatic amines is 1. The molecule has 0 atom stereocenters. The summed E-state index contributed by atoms with van der Waals surface area (Å²) in [6, 6.07) is 9.93. The van der Waals surface area contributed by atoms with E-state index in [1.54, 1.807) is 14.2 Å². The third-order valence-corrected chi connectivity index (χ3v) is 4.31. The zero-order chi connectivity index (χ0) is 15.0. The second-order valence-corrected chi connectivity index (χ2v) is 5.63. The first kappa shape index (κ1) is 13.9. The molecule has 5 heteroatoms. The molecule has 4 nitrogen and oxygen atoms in total. The molecule has 0 aliphatic rings. The standard InChI is InChI=1S/C16H15BrN2O2/c1-9-6-10(4-5-11(9)17)16-18-12-7-14(20-2)15(21-3)8-13(12)19-16/h4-8H,1-3H3,(H,18,19). The molecule has 0 fully saturated rings. The van der Waals surface area contributed by atoms with E-state index in [0.29, 0.717) is 11.5 Å². The molecule has 0 unspecified atom stereocenters. The topological polar surface area (TPSA) is 47.1 Å². The molecule has 1 N–H and O–H groups in total. The second-order valence-electron chi connectivity index (χ2n) is 4.77. The van der Waals surface area contributed by atoms with Gasteiger partial charge in [-0.05, 0) is 24.6 Å². The highest BCUT2D eigenvalue weighted by molar-refractivity contribution is 9.10. The first-order valence-corrected chi connectivity index (χ1v) is 7.30. The molecule has 1 heterocycles. The van der Waals surface area contributed by atoms with E-state index in [1.807, 2.05) is 24.3 Å². The Kier molecular flexibility index (Phi) is 3.59. The fraction of sp³-hybridized carbons (Fsp3) is 0.188. The van der Waals surface area contributed by atoms with Gasteiger partial charge in [-0.25, -0.2) is 4.98 Å². The molecule has 3 rings (SSSR count). The van der Waals surface area contributed by atoms with Crippen LogP contribution >= 0.6 is 15.9 Å². The molecule has 0 saturated carbocycles. The normalized spacial score (nSPS) is 10.9. The summed E-state index contributed by atoms with van der Waals surface area (Å²) in [4.78, 5) is 7.95. The minimum Gasteiger partial charge on any atom is -0.493 e. The number of halogens is 1. The lowest BCUT2D eigenvalue weighted by Gasteiger charge is -2.06. The molecule has 3 aromatic rings. The highest BCUT2D eigenvalue weighted by atomic mass is 79.9. The summed E-state index contributed by atoms with van der Waals surface area (Å²) in [6.07, 6.45) is 0. The number of aromatic nitrogens is 2. The number of methoxy groups -OCH3 is 2. The van der Waals surface area contributed by atoms with Crippen molar-refractivity contribution in [3.63, 3.8) is 0 Å². The minimum atomic E-state index is 0.676. The highest BCUT2D eigenvalue weighted by Gasteiger charge is 2.11. The maximum Gasteiger partial charge on any atom is 0.163 e. The minimum absolute atomic E-state index is 0.676. The number of rotatable bonds is 3. The summed E-state index contributed by atoms with van der Waals surface area (Å²) >= 11 is 3.51. The molecular weight excluding hydrogens is 332 g/mol. The number of aryl methyl sites for hydroxylation is 1. The molecule has 0 aliphatic heterocycles. The Balaban J connectivity index is 2.14. The lowest BCUT2D eigenvalue weighted by molar-refractivity contribution is 0.356. The number of nitrogens with one attached hydrogen (secondary N) is 1. The van der Waals surface area contributed by atoms with Gasteiger partial charge in [0.25, 0.3) is 0 Å². The van der Waals surface area contributed by atoms with Gasteiger partial charge in [-0.1, -0.05) is 22.0 Å². The predicted octanol–water partition coefficient (Wildman–Crippen LogP) is 4.32. The van der Waals surface area contributed by atoms with Crippen LogP contribution in [-0.2, 0) is 0 Å². The van der Waals surface area contributed by atoms with Gasteiger partial charge in [0.2, 0.25) is 0 Å². The van der Waals surface area contributed by atoms with Gasteiger partial charge in [-0.3, -0.25) is 0 Å². The SMILES string of the molecule is COc1cc2nc(-c3ccc(Br)c(C)c3)[nH]c2cc1OC. The number of ether oxygens (including phenoxy) is 2. The van der Waals surface area contributed by atoms with Gasteiger partial charge in [0.15, 0.2) is 11.5 Å². The number of hydrogen-bond donors (Lipinski definition) is 1. The van der Waals surface area contributed by atoms with E-state index in [4.69, 9.17) is 9.47 Å². The van der Waals surface area contributed by atoms with E-state index >= 15 is 0 Å². The van der Waals surface area contributed by atoms with Crippen LogP contribution in [0.2, 0.25) is 0 Å². The zero-order valence-electron chi connectivity index (χ0n) is 12.0. The first-order chi connectivity index (χ1) is 10.1. The van der Waals surface area contributed by atoms with Crippen molar-refractivity contribution in [3.8, 4) is 22.9 Å². The fourth-order valence-corrected chi connectivity index (χ4v) is 2.51. The maximum atomic E-state index is 5.32. The number of nitrogens with zero attached hydrogens (tertiary/aromatic N) is 1. The third-order valence-electron chi connectivity index (χ3n) is 3.42. The average molecular weight is 347 g/mol. The molecule has 0 amide bonds. The second kappa shape index (κ2) is 5.41. The van der Waals surface area contributed by atoms with E-state index in [9.17, 15) is 0 Å². The van der Waals surface area contributed by atoms with Crippen LogP contribution in [0.25, 0.3) is 22.4 Å². The molecule has 0 aliphatic carbocycles. The van der Waals surface area contributed by atoms with Crippen molar-refractivity contribution in [2.75, 3.05) is 14.2 Å². The van der Waals surface area contributed by atoms with Crippen molar-refractivity contribution in [2.45, 2.75) is 6.92 Å². The van der Waals surface area contributed by atoms with E-state index in [1.165, 1.54) is 5.56 Å². The van der Waals surface area contributed by atoms with Crippen LogP contribution in [0.5, 0.6) is 11.5 Å². The van der Waals surface area contributed by atoms with Crippen LogP contribution in [0.15, 0.2) is 34.8 Å². The zero-order valence-corrected chi connectivity index (χ0v) is 13.6. The van der Waals surface area contributed by atoms with Crippen molar-refractivity contribution >= 4 is 27.0 Å². The van der Waals surface area contributed by atoms with Crippen molar-refractivity contribution in [3.05, 3.63) is 40.4 Å². The lowest BCUT2D eigenvalue weighted by atomic mass is 10.1. The molecule has 108 valence electrons. The van der Waals surface area contributed by atoms with Crippen LogP contribution < -0.4 is 9.47 Å². The van der Waals surface area contributed by atoms with Gasteiger partial charge in [-0.2, -0.15) is 0 Å². The van der Waals surface area contributed by atoms with Crippen molar-refractivity contribution < 1.29 is 9.47 Å². The maximum absolute atomic E-state index is 5.32. The van der Waals surface area contributed by atoms with Gasteiger partial charge >= 0.3 is 0 Å². The molecule has 21 heavy (non-hydrogen) atoms. The third kappa shape index (κ3) is 2.49.